The number of carbonyl (C=O) groups is 1. The molecule has 3 saturated heterocycles. The van der Waals surface area contributed by atoms with E-state index in [2.05, 4.69) is 56.1 Å². The van der Waals surface area contributed by atoms with Gasteiger partial charge in [0.15, 0.2) is 5.65 Å². The fraction of sp³-hybridized carbons (Fsp3) is 0.571. The van der Waals surface area contributed by atoms with Crippen molar-refractivity contribution in [3.05, 3.63) is 42.0 Å². The molecule has 0 N–H and O–H groups in total. The molecule has 3 aliphatic rings. The number of anilines is 2. The van der Waals surface area contributed by atoms with Crippen LogP contribution in [0.2, 0.25) is 0 Å². The lowest BCUT2D eigenvalue weighted by atomic mass is 9.89. The van der Waals surface area contributed by atoms with Gasteiger partial charge in [-0.1, -0.05) is 17.2 Å². The lowest BCUT2D eigenvalue weighted by Crippen LogP contribution is -2.59. The Morgan fingerprint density at radius 2 is 1.55 bits per heavy atom. The summed E-state index contributed by atoms with van der Waals surface area (Å²) in [7, 11) is 3.50. The second kappa shape index (κ2) is 10.4. The van der Waals surface area contributed by atoms with Gasteiger partial charge in [-0.2, -0.15) is 4.52 Å². The number of hydrogen-bond acceptors (Lipinski definition) is 8. The number of aromatic nitrogens is 4. The Morgan fingerprint density at radius 1 is 0.842 bits per heavy atom. The zero-order valence-electron chi connectivity index (χ0n) is 22.7. The molecule has 10 nitrogen and oxygen atoms in total. The van der Waals surface area contributed by atoms with E-state index in [1.165, 1.54) is 11.3 Å². The molecule has 6 rings (SSSR count). The highest BCUT2D eigenvalue weighted by atomic mass is 16.5. The molecule has 2 aromatic heterocycles. The maximum Gasteiger partial charge on any atom is 0.338 e. The predicted molar refractivity (Wildman–Crippen MR) is 147 cm³/mol. The van der Waals surface area contributed by atoms with Gasteiger partial charge in [0.1, 0.15) is 5.82 Å². The molecule has 3 aliphatic heterocycles. The van der Waals surface area contributed by atoms with Crippen molar-refractivity contribution >= 4 is 23.1 Å². The van der Waals surface area contributed by atoms with Crippen molar-refractivity contribution in [3.63, 3.8) is 0 Å². The normalized spacial score (nSPS) is 22.4. The maximum absolute atomic E-state index is 12.4. The van der Waals surface area contributed by atoms with Crippen LogP contribution in [-0.4, -0.2) is 101 Å². The van der Waals surface area contributed by atoms with Crippen LogP contribution in [0.3, 0.4) is 0 Å². The first-order valence-electron chi connectivity index (χ1n) is 13.9. The van der Waals surface area contributed by atoms with Crippen molar-refractivity contribution < 1.29 is 9.53 Å². The van der Waals surface area contributed by atoms with Gasteiger partial charge in [0, 0.05) is 58.0 Å². The largest absolute Gasteiger partial charge is 0.466 e. The summed E-state index contributed by atoms with van der Waals surface area (Å²) in [6.07, 6.45) is 4.43. The molecular formula is C28H38N8O2. The van der Waals surface area contributed by atoms with E-state index in [-0.39, 0.29) is 11.9 Å². The van der Waals surface area contributed by atoms with E-state index >= 15 is 0 Å². The van der Waals surface area contributed by atoms with Crippen LogP contribution in [-0.2, 0) is 4.79 Å². The number of nitrogens with zero attached hydrogens (tertiary/aromatic N) is 8. The second-order valence-corrected chi connectivity index (χ2v) is 10.9. The first kappa shape index (κ1) is 24.9. The molecule has 202 valence electrons. The number of likely N-dealkylation sites (N-methyl/N-ethyl adjacent to an activating group) is 1. The third-order valence-electron chi connectivity index (χ3n) is 8.81. The van der Waals surface area contributed by atoms with E-state index in [1.807, 2.05) is 24.1 Å². The van der Waals surface area contributed by atoms with Crippen LogP contribution in [0, 0.1) is 0 Å². The van der Waals surface area contributed by atoms with Gasteiger partial charge < -0.3 is 19.4 Å². The third kappa shape index (κ3) is 4.66. The van der Waals surface area contributed by atoms with Gasteiger partial charge in [-0.3, -0.25) is 9.69 Å². The van der Waals surface area contributed by atoms with Crippen molar-refractivity contribution in [2.75, 3.05) is 63.2 Å². The van der Waals surface area contributed by atoms with Gasteiger partial charge in [-0.25, -0.2) is 0 Å². The number of amides is 1. The molecule has 3 aromatic rings. The molecule has 38 heavy (non-hydrogen) atoms. The number of ether oxygens (including phenoxy) is 1. The minimum atomic E-state index is 0.000388. The lowest BCUT2D eigenvalue weighted by molar-refractivity contribution is -0.141. The first-order valence-corrected chi connectivity index (χ1v) is 13.9. The number of carbonyl (C=O) groups excluding carboxylic acids is 1. The summed E-state index contributed by atoms with van der Waals surface area (Å²) in [5.74, 6) is 1.76. The van der Waals surface area contributed by atoms with E-state index in [0.29, 0.717) is 23.6 Å². The van der Waals surface area contributed by atoms with Crippen LogP contribution >= 0.6 is 0 Å². The molecular weight excluding hydrogens is 480 g/mol. The number of piperazine rings is 1. The third-order valence-corrected chi connectivity index (χ3v) is 8.81. The Bertz CT molecular complexity index is 1260. The Morgan fingerprint density at radius 3 is 2.26 bits per heavy atom. The molecule has 1 atom stereocenters. The smallest absolute Gasteiger partial charge is 0.338 e. The molecule has 3 fully saturated rings. The minimum Gasteiger partial charge on any atom is -0.466 e. The summed E-state index contributed by atoms with van der Waals surface area (Å²) >= 11 is 0. The van der Waals surface area contributed by atoms with Gasteiger partial charge in [-0.15, -0.1) is 10.2 Å². The predicted octanol–water partition coefficient (Wildman–Crippen LogP) is 2.65. The Labute approximate surface area is 224 Å². The maximum atomic E-state index is 12.4. The average molecular weight is 519 g/mol. The van der Waals surface area contributed by atoms with E-state index in [0.717, 1.165) is 70.8 Å². The van der Waals surface area contributed by atoms with Crippen molar-refractivity contribution in [1.29, 1.82) is 0 Å². The quantitative estimate of drug-likeness (QED) is 0.510. The fourth-order valence-corrected chi connectivity index (χ4v) is 6.44. The molecule has 0 radical (unpaired) electrons. The number of hydrogen-bond donors (Lipinski definition) is 0. The van der Waals surface area contributed by atoms with Crippen LogP contribution in [0.25, 0.3) is 5.65 Å². The van der Waals surface area contributed by atoms with Crippen molar-refractivity contribution in [1.82, 2.24) is 29.6 Å². The summed E-state index contributed by atoms with van der Waals surface area (Å²) in [6.45, 7) is 7.92. The fourth-order valence-electron chi connectivity index (χ4n) is 6.44. The monoisotopic (exact) mass is 518 g/mol. The number of benzene rings is 1. The van der Waals surface area contributed by atoms with Crippen LogP contribution in [0.5, 0.6) is 6.01 Å². The second-order valence-electron chi connectivity index (χ2n) is 10.9. The number of fused-ring (bicyclic) bond motifs is 1. The van der Waals surface area contributed by atoms with Gasteiger partial charge in [-0.05, 0) is 68.4 Å². The SMILES string of the molecule is COc1nnc2ccc(N3CCC(c4ccc(N5CCC(N6CCN(C)C(=O)[C@H]6C)CC5)cc4)CC3)nn12. The van der Waals surface area contributed by atoms with Crippen LogP contribution in [0.15, 0.2) is 36.4 Å². The summed E-state index contributed by atoms with van der Waals surface area (Å²) < 4.78 is 6.93. The summed E-state index contributed by atoms with van der Waals surface area (Å²) in [6, 6.07) is 14.1. The number of piperidine rings is 2. The molecule has 0 spiro atoms. The van der Waals surface area contributed by atoms with E-state index in [1.54, 1.807) is 11.6 Å². The number of rotatable bonds is 5. The molecule has 10 heteroatoms. The molecule has 0 bridgehead atoms. The molecule has 1 amide bonds. The van der Waals surface area contributed by atoms with E-state index in [4.69, 9.17) is 9.84 Å². The lowest BCUT2D eigenvalue weighted by Gasteiger charge is -2.45. The van der Waals surface area contributed by atoms with Gasteiger partial charge >= 0.3 is 6.01 Å². The van der Waals surface area contributed by atoms with Gasteiger partial charge in [0.2, 0.25) is 5.91 Å². The first-order chi connectivity index (χ1) is 18.5. The summed E-state index contributed by atoms with van der Waals surface area (Å²) in [5, 5.41) is 12.8. The summed E-state index contributed by atoms with van der Waals surface area (Å²) in [4.78, 5) is 21.6. The molecule has 1 aromatic carbocycles. The molecule has 0 unspecified atom stereocenters. The minimum absolute atomic E-state index is 0.000388. The van der Waals surface area contributed by atoms with E-state index in [9.17, 15) is 4.79 Å². The highest BCUT2D eigenvalue weighted by molar-refractivity contribution is 5.82. The molecule has 0 aliphatic carbocycles. The Kier molecular flexibility index (Phi) is 6.82. The van der Waals surface area contributed by atoms with Gasteiger partial charge in [0.25, 0.3) is 0 Å². The van der Waals surface area contributed by atoms with E-state index < -0.39 is 0 Å². The average Bonchev–Trinajstić information content (AvgIpc) is 3.39. The Balaban J connectivity index is 1.03. The zero-order valence-corrected chi connectivity index (χ0v) is 22.7. The summed E-state index contributed by atoms with van der Waals surface area (Å²) in [5.41, 5.74) is 3.43. The van der Waals surface area contributed by atoms with Crippen LogP contribution < -0.4 is 14.5 Å². The number of methoxy groups -OCH3 is 1. The standard InChI is InChI=1S/C28H38N8O2/c1-20-27(37)32(2)18-19-35(20)24-12-16-33(17-13-24)23-6-4-21(5-7-23)22-10-14-34(15-11-22)26-9-8-25-29-30-28(38-3)36(25)31-26/h4-9,20,22,24H,10-19H2,1-3H3/t20-/m1/s1. The van der Waals surface area contributed by atoms with Crippen LogP contribution in [0.4, 0.5) is 11.5 Å². The molecule has 0 saturated carbocycles. The molecule has 5 heterocycles. The topological polar surface area (TPSA) is 82.3 Å². The van der Waals surface area contributed by atoms with Gasteiger partial charge in [0.05, 0.1) is 13.2 Å². The van der Waals surface area contributed by atoms with Crippen LogP contribution in [0.1, 0.15) is 44.1 Å². The van der Waals surface area contributed by atoms with Crippen molar-refractivity contribution in [3.8, 4) is 6.01 Å². The van der Waals surface area contributed by atoms with Crippen molar-refractivity contribution in [2.45, 2.75) is 50.6 Å². The Hall–Kier alpha value is -3.40. The zero-order chi connectivity index (χ0) is 26.2. The highest BCUT2D eigenvalue weighted by Crippen LogP contribution is 2.32. The van der Waals surface area contributed by atoms with Crippen molar-refractivity contribution in [2.24, 2.45) is 0 Å². The highest BCUT2D eigenvalue weighted by Gasteiger charge is 2.35.